The van der Waals surface area contributed by atoms with Crippen molar-refractivity contribution in [2.75, 3.05) is 18.5 Å². The number of halogens is 2. The summed E-state index contributed by atoms with van der Waals surface area (Å²) >= 11 is 0. The molecule has 1 aliphatic carbocycles. The first-order chi connectivity index (χ1) is 10.00. The second kappa shape index (κ2) is 6.85. The number of rotatable bonds is 5. The van der Waals surface area contributed by atoms with Crippen molar-refractivity contribution in [2.24, 2.45) is 11.7 Å². The Kier molecular flexibility index (Phi) is 5.12. The van der Waals surface area contributed by atoms with E-state index in [1.165, 1.54) is 0 Å². The predicted octanol–water partition coefficient (Wildman–Crippen LogP) is 2.79. The molecular weight excluding hydrogens is 278 g/mol. The molecule has 116 valence electrons. The highest BCUT2D eigenvalue weighted by molar-refractivity contribution is 5.92. The van der Waals surface area contributed by atoms with Crippen molar-refractivity contribution in [2.45, 2.75) is 31.6 Å². The van der Waals surface area contributed by atoms with Crippen LogP contribution in [0.25, 0.3) is 0 Å². The molecule has 1 saturated carbocycles. The average molecular weight is 298 g/mol. The molecule has 2 rings (SSSR count). The van der Waals surface area contributed by atoms with Crippen molar-refractivity contribution in [1.82, 2.24) is 0 Å². The third-order valence-electron chi connectivity index (χ3n) is 3.60. The molecule has 0 radical (unpaired) electrons. The molecule has 0 aliphatic heterocycles. The van der Waals surface area contributed by atoms with Crippen LogP contribution in [-0.4, -0.2) is 25.0 Å². The van der Waals surface area contributed by atoms with Gasteiger partial charge in [-0.2, -0.15) is 0 Å². The molecule has 0 unspecified atom stereocenters. The fourth-order valence-electron chi connectivity index (χ4n) is 2.36. The molecule has 0 atom stereocenters. The van der Waals surface area contributed by atoms with Gasteiger partial charge in [-0.05, 0) is 37.1 Å². The summed E-state index contributed by atoms with van der Waals surface area (Å²) in [5.41, 5.74) is 5.97. The third-order valence-corrected chi connectivity index (χ3v) is 3.60. The van der Waals surface area contributed by atoms with Crippen LogP contribution in [-0.2, 0) is 4.79 Å². The quantitative estimate of drug-likeness (QED) is 0.878. The molecule has 6 heteroatoms. The highest BCUT2D eigenvalue weighted by atomic mass is 19.3. The lowest BCUT2D eigenvalue weighted by molar-refractivity contribution is -0.124. The second-order valence-corrected chi connectivity index (χ2v) is 5.28. The predicted molar refractivity (Wildman–Crippen MR) is 76.5 cm³/mol. The first-order valence-electron chi connectivity index (χ1n) is 7.12. The first kappa shape index (κ1) is 15.7. The van der Waals surface area contributed by atoms with Crippen molar-refractivity contribution in [1.29, 1.82) is 0 Å². The van der Waals surface area contributed by atoms with Gasteiger partial charge in [0.15, 0.2) is 0 Å². The maximum Gasteiger partial charge on any atom is 0.248 e. The Labute approximate surface area is 122 Å². The number of nitrogens with one attached hydrogen (secondary N) is 1. The molecule has 1 aromatic rings. The number of nitrogens with two attached hydrogens (primary N) is 1. The normalized spacial score (nSPS) is 18.2. The molecule has 4 nitrogen and oxygen atoms in total. The maximum atomic E-state index is 13.1. The van der Waals surface area contributed by atoms with Crippen LogP contribution in [0.1, 0.15) is 25.7 Å². The molecule has 0 saturated heterocycles. The molecule has 0 bridgehead atoms. The topological polar surface area (TPSA) is 64.3 Å². The van der Waals surface area contributed by atoms with Gasteiger partial charge in [-0.3, -0.25) is 4.79 Å². The minimum atomic E-state index is -2.61. The number of amides is 1. The van der Waals surface area contributed by atoms with Gasteiger partial charge in [-0.15, -0.1) is 0 Å². The Morgan fingerprint density at radius 1 is 1.29 bits per heavy atom. The van der Waals surface area contributed by atoms with Crippen LogP contribution in [0.2, 0.25) is 0 Å². The lowest BCUT2D eigenvalue weighted by Crippen LogP contribution is -2.31. The van der Waals surface area contributed by atoms with Crippen molar-refractivity contribution < 1.29 is 18.3 Å². The Bertz CT molecular complexity index is 467. The third kappa shape index (κ3) is 4.67. The van der Waals surface area contributed by atoms with E-state index in [0.29, 0.717) is 24.6 Å². The molecular formula is C15H20F2N2O2. The molecule has 1 fully saturated rings. The fraction of sp³-hybridized carbons (Fsp3) is 0.533. The molecule has 3 N–H and O–H groups in total. The van der Waals surface area contributed by atoms with Gasteiger partial charge >= 0.3 is 0 Å². The van der Waals surface area contributed by atoms with Crippen LogP contribution in [0.15, 0.2) is 24.3 Å². The Morgan fingerprint density at radius 2 is 1.90 bits per heavy atom. The zero-order chi connectivity index (χ0) is 15.3. The van der Waals surface area contributed by atoms with E-state index in [1.807, 2.05) is 0 Å². The highest BCUT2D eigenvalue weighted by Gasteiger charge is 2.37. The van der Waals surface area contributed by atoms with Gasteiger partial charge in [0, 0.05) is 31.0 Å². The smallest absolute Gasteiger partial charge is 0.248 e. The number of carbonyl (C=O) groups excluding carboxylic acids is 1. The number of hydrogen-bond acceptors (Lipinski definition) is 3. The minimum absolute atomic E-state index is 0.193. The van der Waals surface area contributed by atoms with E-state index in [0.717, 1.165) is 0 Å². The van der Waals surface area contributed by atoms with Crippen molar-refractivity contribution >= 4 is 11.6 Å². The summed E-state index contributed by atoms with van der Waals surface area (Å²) in [4.78, 5) is 12.0. The maximum absolute atomic E-state index is 13.1. The molecule has 0 spiro atoms. The van der Waals surface area contributed by atoms with Crippen molar-refractivity contribution in [3.8, 4) is 5.75 Å². The summed E-state index contributed by atoms with van der Waals surface area (Å²) in [5.74, 6) is -2.46. The van der Waals surface area contributed by atoms with Gasteiger partial charge in [0.25, 0.3) is 0 Å². The van der Waals surface area contributed by atoms with Gasteiger partial charge in [-0.1, -0.05) is 0 Å². The lowest BCUT2D eigenvalue weighted by atomic mass is 9.86. The number of carbonyl (C=O) groups is 1. The number of ether oxygens (including phenoxy) is 1. The van der Waals surface area contributed by atoms with Crippen molar-refractivity contribution in [3.05, 3.63) is 24.3 Å². The lowest BCUT2D eigenvalue weighted by Gasteiger charge is -2.27. The summed E-state index contributed by atoms with van der Waals surface area (Å²) in [7, 11) is 0. The van der Waals surface area contributed by atoms with E-state index in [-0.39, 0.29) is 37.5 Å². The average Bonchev–Trinajstić information content (AvgIpc) is 2.46. The van der Waals surface area contributed by atoms with Crippen LogP contribution < -0.4 is 15.8 Å². The minimum Gasteiger partial charge on any atom is -0.492 e. The molecule has 1 amide bonds. The Balaban J connectivity index is 1.85. The van der Waals surface area contributed by atoms with Gasteiger partial charge in [0.1, 0.15) is 12.4 Å². The van der Waals surface area contributed by atoms with Gasteiger partial charge in [-0.25, -0.2) is 8.78 Å². The summed E-state index contributed by atoms with van der Waals surface area (Å²) in [5, 5.41) is 2.76. The summed E-state index contributed by atoms with van der Waals surface area (Å²) in [6.07, 6.45) is 0.0426. The van der Waals surface area contributed by atoms with Crippen molar-refractivity contribution in [3.63, 3.8) is 0 Å². The standard InChI is InChI=1S/C15H20F2N2O2/c16-15(17)7-5-11(6-8-15)14(20)19-12-1-3-13(4-2-12)21-10-9-18/h1-4,11H,5-10,18H2,(H,19,20). The molecule has 21 heavy (non-hydrogen) atoms. The van der Waals surface area contributed by atoms with E-state index in [1.54, 1.807) is 24.3 Å². The van der Waals surface area contributed by atoms with Crippen LogP contribution in [0.4, 0.5) is 14.5 Å². The summed E-state index contributed by atoms with van der Waals surface area (Å²) in [6.45, 7) is 0.868. The van der Waals surface area contributed by atoms with E-state index >= 15 is 0 Å². The SMILES string of the molecule is NCCOc1ccc(NC(=O)C2CCC(F)(F)CC2)cc1. The van der Waals surface area contributed by atoms with Crippen LogP contribution in [0.5, 0.6) is 5.75 Å². The number of hydrogen-bond donors (Lipinski definition) is 2. The summed E-state index contributed by atoms with van der Waals surface area (Å²) < 4.78 is 31.5. The van der Waals surface area contributed by atoms with Crippen LogP contribution in [0, 0.1) is 5.92 Å². The number of alkyl halides is 2. The van der Waals surface area contributed by atoms with Gasteiger partial charge in [0.2, 0.25) is 11.8 Å². The first-order valence-corrected chi connectivity index (χ1v) is 7.12. The monoisotopic (exact) mass is 298 g/mol. The van der Waals surface area contributed by atoms with E-state index in [4.69, 9.17) is 10.5 Å². The summed E-state index contributed by atoms with van der Waals surface area (Å²) in [6, 6.07) is 6.92. The fourth-order valence-corrected chi connectivity index (χ4v) is 2.36. The molecule has 1 aromatic carbocycles. The Morgan fingerprint density at radius 3 is 2.48 bits per heavy atom. The van der Waals surface area contributed by atoms with Gasteiger partial charge < -0.3 is 15.8 Å². The van der Waals surface area contributed by atoms with E-state index < -0.39 is 5.92 Å². The number of benzene rings is 1. The van der Waals surface area contributed by atoms with Gasteiger partial charge in [0.05, 0.1) is 0 Å². The van der Waals surface area contributed by atoms with Crippen LogP contribution >= 0.6 is 0 Å². The largest absolute Gasteiger partial charge is 0.492 e. The van der Waals surface area contributed by atoms with E-state index in [2.05, 4.69) is 5.32 Å². The molecule has 0 aromatic heterocycles. The number of anilines is 1. The zero-order valence-electron chi connectivity index (χ0n) is 11.8. The zero-order valence-corrected chi connectivity index (χ0v) is 11.8. The molecule has 0 heterocycles. The second-order valence-electron chi connectivity index (χ2n) is 5.28. The highest BCUT2D eigenvalue weighted by Crippen LogP contribution is 2.36. The van der Waals surface area contributed by atoms with E-state index in [9.17, 15) is 13.6 Å². The van der Waals surface area contributed by atoms with Crippen LogP contribution in [0.3, 0.4) is 0 Å². The molecule has 1 aliphatic rings. The Hall–Kier alpha value is -1.69.